The van der Waals surface area contributed by atoms with Crippen molar-refractivity contribution in [1.29, 1.82) is 0 Å². The van der Waals surface area contributed by atoms with E-state index in [0.29, 0.717) is 0 Å². The molecular formula is C14H19NO2S. The zero-order chi connectivity index (χ0) is 12.6. The smallest absolute Gasteiger partial charge is 0.128 e. The van der Waals surface area contributed by atoms with E-state index in [1.165, 1.54) is 12.2 Å². The Morgan fingerprint density at radius 2 is 2.39 bits per heavy atom. The molecule has 1 unspecified atom stereocenters. The molecule has 0 amide bonds. The highest BCUT2D eigenvalue weighted by atomic mass is 32.2. The summed E-state index contributed by atoms with van der Waals surface area (Å²) in [6, 6.07) is 6.03. The molecule has 2 atom stereocenters. The van der Waals surface area contributed by atoms with E-state index in [9.17, 15) is 0 Å². The van der Waals surface area contributed by atoms with Crippen molar-refractivity contribution in [3.8, 4) is 11.5 Å². The van der Waals surface area contributed by atoms with Crippen LogP contribution >= 0.6 is 11.8 Å². The lowest BCUT2D eigenvalue weighted by molar-refractivity contribution is 0.0469. The molecule has 1 aromatic carbocycles. The van der Waals surface area contributed by atoms with Gasteiger partial charge in [-0.3, -0.25) is 0 Å². The lowest BCUT2D eigenvalue weighted by Gasteiger charge is -2.43. The van der Waals surface area contributed by atoms with Crippen LogP contribution in [-0.4, -0.2) is 24.2 Å². The lowest BCUT2D eigenvalue weighted by atomic mass is 9.85. The van der Waals surface area contributed by atoms with Gasteiger partial charge in [0.25, 0.3) is 0 Å². The number of fused-ring (bicyclic) bond motifs is 1. The minimum absolute atomic E-state index is 0.0539. The summed E-state index contributed by atoms with van der Waals surface area (Å²) in [5.74, 6) is 4.04. The Morgan fingerprint density at radius 3 is 3.11 bits per heavy atom. The maximum Gasteiger partial charge on any atom is 0.128 e. The monoisotopic (exact) mass is 265 g/mol. The quantitative estimate of drug-likeness (QED) is 0.848. The molecule has 2 heterocycles. The minimum atomic E-state index is -0.0539. The van der Waals surface area contributed by atoms with Crippen molar-refractivity contribution in [3.05, 3.63) is 23.8 Å². The summed E-state index contributed by atoms with van der Waals surface area (Å²) in [4.78, 5) is 0. The van der Waals surface area contributed by atoms with Gasteiger partial charge in [0, 0.05) is 29.8 Å². The van der Waals surface area contributed by atoms with Gasteiger partial charge >= 0.3 is 0 Å². The predicted molar refractivity (Wildman–Crippen MR) is 74.5 cm³/mol. The minimum Gasteiger partial charge on any atom is -0.497 e. The van der Waals surface area contributed by atoms with Crippen LogP contribution in [0.25, 0.3) is 0 Å². The second-order valence-electron chi connectivity index (χ2n) is 5.16. The molecule has 0 aromatic heterocycles. The Kier molecular flexibility index (Phi) is 3.16. The van der Waals surface area contributed by atoms with Gasteiger partial charge in [-0.25, -0.2) is 0 Å². The van der Waals surface area contributed by atoms with Crippen LogP contribution in [0.15, 0.2) is 18.2 Å². The van der Waals surface area contributed by atoms with Crippen molar-refractivity contribution >= 4 is 11.8 Å². The van der Waals surface area contributed by atoms with Crippen LogP contribution in [0.2, 0.25) is 0 Å². The van der Waals surface area contributed by atoms with Gasteiger partial charge in [0.2, 0.25) is 0 Å². The summed E-state index contributed by atoms with van der Waals surface area (Å²) < 4.78 is 11.6. The molecule has 0 radical (unpaired) electrons. The van der Waals surface area contributed by atoms with Crippen LogP contribution in [0.4, 0.5) is 0 Å². The summed E-state index contributed by atoms with van der Waals surface area (Å²) in [5.41, 5.74) is 7.37. The van der Waals surface area contributed by atoms with E-state index in [1.807, 2.05) is 30.0 Å². The fourth-order valence-electron chi connectivity index (χ4n) is 2.89. The Hall–Kier alpha value is -0.870. The number of ether oxygens (including phenoxy) is 2. The number of thioether (sulfide) groups is 1. The zero-order valence-electron chi connectivity index (χ0n) is 10.6. The standard InChI is InChI=1S/C14H19NO2S/c1-16-10-3-4-11-12(15)8-14(17-13(11)7-10)5-2-6-18-9-14/h3-4,7,12H,2,5-6,8-9,15H2,1H3/t12-,14?/m1/s1. The number of hydrogen-bond donors (Lipinski definition) is 1. The maximum absolute atomic E-state index is 6.31. The Balaban J connectivity index is 1.94. The van der Waals surface area contributed by atoms with Crippen molar-refractivity contribution < 1.29 is 9.47 Å². The molecular weight excluding hydrogens is 246 g/mol. The number of methoxy groups -OCH3 is 1. The van der Waals surface area contributed by atoms with E-state index in [0.717, 1.165) is 35.7 Å². The maximum atomic E-state index is 6.31. The Labute approximate surface area is 112 Å². The van der Waals surface area contributed by atoms with Gasteiger partial charge < -0.3 is 15.2 Å². The van der Waals surface area contributed by atoms with Gasteiger partial charge in [0.1, 0.15) is 17.1 Å². The number of nitrogens with two attached hydrogens (primary N) is 1. The molecule has 2 aliphatic heterocycles. The first kappa shape index (κ1) is 12.2. The van der Waals surface area contributed by atoms with E-state index in [-0.39, 0.29) is 11.6 Å². The van der Waals surface area contributed by atoms with Gasteiger partial charge in [0.05, 0.1) is 7.11 Å². The Morgan fingerprint density at radius 1 is 1.50 bits per heavy atom. The SMILES string of the molecule is COc1ccc2c(c1)OC1(CCCSC1)C[C@H]2N. The highest BCUT2D eigenvalue weighted by Gasteiger charge is 2.41. The predicted octanol–water partition coefficient (Wildman–Crippen LogP) is 2.74. The molecule has 1 fully saturated rings. The summed E-state index contributed by atoms with van der Waals surface area (Å²) in [6.45, 7) is 0. The summed E-state index contributed by atoms with van der Waals surface area (Å²) >= 11 is 1.98. The third kappa shape index (κ3) is 2.08. The van der Waals surface area contributed by atoms with Gasteiger partial charge in [-0.05, 0) is 24.7 Å². The first-order chi connectivity index (χ1) is 8.72. The third-order valence-corrected chi connectivity index (χ3v) is 5.13. The molecule has 0 saturated carbocycles. The van der Waals surface area contributed by atoms with Crippen molar-refractivity contribution in [2.45, 2.75) is 30.9 Å². The van der Waals surface area contributed by atoms with Gasteiger partial charge in [-0.15, -0.1) is 0 Å². The molecule has 18 heavy (non-hydrogen) atoms. The number of rotatable bonds is 1. The average Bonchev–Trinajstić information content (AvgIpc) is 2.38. The van der Waals surface area contributed by atoms with E-state index in [4.69, 9.17) is 15.2 Å². The molecule has 0 bridgehead atoms. The van der Waals surface area contributed by atoms with Crippen LogP contribution in [0.1, 0.15) is 30.9 Å². The topological polar surface area (TPSA) is 44.5 Å². The fraction of sp³-hybridized carbons (Fsp3) is 0.571. The van der Waals surface area contributed by atoms with Gasteiger partial charge in [-0.2, -0.15) is 11.8 Å². The summed E-state index contributed by atoms with van der Waals surface area (Å²) in [7, 11) is 1.68. The summed E-state index contributed by atoms with van der Waals surface area (Å²) in [5, 5.41) is 0. The zero-order valence-corrected chi connectivity index (χ0v) is 11.5. The molecule has 1 saturated heterocycles. The summed E-state index contributed by atoms with van der Waals surface area (Å²) in [6.07, 6.45) is 3.26. The van der Waals surface area contributed by atoms with Crippen LogP contribution in [-0.2, 0) is 0 Å². The fourth-order valence-corrected chi connectivity index (χ4v) is 4.08. The molecule has 98 valence electrons. The molecule has 0 aliphatic carbocycles. The second-order valence-corrected chi connectivity index (χ2v) is 6.26. The van der Waals surface area contributed by atoms with E-state index < -0.39 is 0 Å². The van der Waals surface area contributed by atoms with E-state index in [2.05, 4.69) is 0 Å². The Bertz CT molecular complexity index is 443. The number of benzene rings is 1. The van der Waals surface area contributed by atoms with Crippen molar-refractivity contribution in [2.24, 2.45) is 5.73 Å². The van der Waals surface area contributed by atoms with Gasteiger partial charge in [0.15, 0.2) is 0 Å². The van der Waals surface area contributed by atoms with Crippen LogP contribution in [0.3, 0.4) is 0 Å². The average molecular weight is 265 g/mol. The molecule has 1 aromatic rings. The van der Waals surface area contributed by atoms with Crippen molar-refractivity contribution in [2.75, 3.05) is 18.6 Å². The molecule has 2 N–H and O–H groups in total. The van der Waals surface area contributed by atoms with Crippen molar-refractivity contribution in [3.63, 3.8) is 0 Å². The number of hydrogen-bond acceptors (Lipinski definition) is 4. The van der Waals surface area contributed by atoms with Crippen LogP contribution < -0.4 is 15.2 Å². The van der Waals surface area contributed by atoms with E-state index in [1.54, 1.807) is 7.11 Å². The van der Waals surface area contributed by atoms with Crippen molar-refractivity contribution in [1.82, 2.24) is 0 Å². The second kappa shape index (κ2) is 4.67. The molecule has 4 heteroatoms. The molecule has 1 spiro atoms. The highest BCUT2D eigenvalue weighted by molar-refractivity contribution is 7.99. The van der Waals surface area contributed by atoms with E-state index >= 15 is 0 Å². The van der Waals surface area contributed by atoms with Gasteiger partial charge in [-0.1, -0.05) is 6.07 Å². The van der Waals surface area contributed by atoms with Crippen LogP contribution in [0, 0.1) is 0 Å². The lowest BCUT2D eigenvalue weighted by Crippen LogP contribution is -2.46. The normalized spacial score (nSPS) is 30.7. The molecule has 3 rings (SSSR count). The highest BCUT2D eigenvalue weighted by Crippen LogP contribution is 2.45. The largest absolute Gasteiger partial charge is 0.497 e. The molecule has 2 aliphatic rings. The first-order valence-corrected chi connectivity index (χ1v) is 7.58. The first-order valence-electron chi connectivity index (χ1n) is 6.43. The third-order valence-electron chi connectivity index (χ3n) is 3.82. The van der Waals surface area contributed by atoms with Crippen LogP contribution in [0.5, 0.6) is 11.5 Å². The molecule has 3 nitrogen and oxygen atoms in total.